The number of rotatable bonds is 6. The number of carbonyl (C=O) groups excluding carboxylic acids is 1. The molecule has 0 saturated carbocycles. The predicted octanol–water partition coefficient (Wildman–Crippen LogP) is 1.80. The lowest BCUT2D eigenvalue weighted by atomic mass is 10.1. The summed E-state index contributed by atoms with van der Waals surface area (Å²) >= 11 is 6.22. The van der Waals surface area contributed by atoms with Crippen molar-refractivity contribution in [1.29, 1.82) is 5.26 Å². The highest BCUT2D eigenvalue weighted by atomic mass is 35.5. The Morgan fingerprint density at radius 2 is 2.12 bits per heavy atom. The summed E-state index contributed by atoms with van der Waals surface area (Å²) in [5, 5.41) is 18.9. The van der Waals surface area contributed by atoms with Crippen LogP contribution in [0.2, 0.25) is 5.02 Å². The molecule has 3 N–H and O–H groups in total. The van der Waals surface area contributed by atoms with Crippen molar-refractivity contribution in [2.24, 2.45) is 0 Å². The van der Waals surface area contributed by atoms with Gasteiger partial charge in [0.1, 0.15) is 11.6 Å². The van der Waals surface area contributed by atoms with Gasteiger partial charge < -0.3 is 16.0 Å². The zero-order chi connectivity index (χ0) is 18.2. The Kier molecular flexibility index (Phi) is 7.26. The molecule has 1 aromatic rings. The maximum Gasteiger partial charge on any atom is 0.263 e. The Balaban J connectivity index is 1.91. The van der Waals surface area contributed by atoms with Crippen molar-refractivity contribution in [2.45, 2.75) is 13.8 Å². The molecule has 0 aliphatic carbocycles. The lowest BCUT2D eigenvalue weighted by Crippen LogP contribution is -2.46. The van der Waals surface area contributed by atoms with Crippen LogP contribution in [0.5, 0.6) is 0 Å². The van der Waals surface area contributed by atoms with Gasteiger partial charge in [-0.15, -0.1) is 0 Å². The van der Waals surface area contributed by atoms with Crippen LogP contribution in [0.4, 0.5) is 5.69 Å². The maximum atomic E-state index is 12.2. The first-order chi connectivity index (χ1) is 12.0. The van der Waals surface area contributed by atoms with Crippen LogP contribution in [-0.2, 0) is 4.79 Å². The second-order valence-electron chi connectivity index (χ2n) is 6.10. The Morgan fingerprint density at radius 1 is 1.40 bits per heavy atom. The highest BCUT2D eigenvalue weighted by Gasteiger charge is 2.12. The first kappa shape index (κ1) is 19.3. The molecular formula is C18H24ClN5O. The fourth-order valence-electron chi connectivity index (χ4n) is 2.75. The third-order valence-electron chi connectivity index (χ3n) is 4.08. The lowest BCUT2D eigenvalue weighted by Gasteiger charge is -2.27. The van der Waals surface area contributed by atoms with E-state index < -0.39 is 0 Å². The number of amides is 1. The van der Waals surface area contributed by atoms with E-state index in [0.29, 0.717) is 17.3 Å². The van der Waals surface area contributed by atoms with Gasteiger partial charge in [0.25, 0.3) is 5.91 Å². The molecule has 1 aliphatic rings. The van der Waals surface area contributed by atoms with E-state index in [1.54, 1.807) is 0 Å². The topological polar surface area (TPSA) is 80.2 Å². The zero-order valence-electron chi connectivity index (χ0n) is 14.7. The van der Waals surface area contributed by atoms with Crippen LogP contribution in [0.25, 0.3) is 0 Å². The summed E-state index contributed by atoms with van der Waals surface area (Å²) in [7, 11) is 0. The average Bonchev–Trinajstić information content (AvgIpc) is 2.58. The number of nitriles is 1. The van der Waals surface area contributed by atoms with Crippen molar-refractivity contribution in [3.8, 4) is 6.07 Å². The summed E-state index contributed by atoms with van der Waals surface area (Å²) in [5.74, 6) is -0.383. The van der Waals surface area contributed by atoms with Gasteiger partial charge in [-0.05, 0) is 31.0 Å². The van der Waals surface area contributed by atoms with Gasteiger partial charge in [-0.3, -0.25) is 9.69 Å². The molecule has 7 heteroatoms. The number of halogens is 1. The minimum Gasteiger partial charge on any atom is -0.359 e. The van der Waals surface area contributed by atoms with E-state index in [1.165, 1.54) is 6.20 Å². The number of aryl methyl sites for hydroxylation is 2. The van der Waals surface area contributed by atoms with E-state index in [4.69, 9.17) is 11.6 Å². The molecule has 0 unspecified atom stereocenters. The summed E-state index contributed by atoms with van der Waals surface area (Å²) in [6.07, 6.45) is 1.41. The van der Waals surface area contributed by atoms with Crippen molar-refractivity contribution in [1.82, 2.24) is 15.5 Å². The monoisotopic (exact) mass is 361 g/mol. The molecule has 1 aliphatic heterocycles. The lowest BCUT2D eigenvalue weighted by molar-refractivity contribution is -0.117. The highest BCUT2D eigenvalue weighted by Crippen LogP contribution is 2.27. The van der Waals surface area contributed by atoms with Gasteiger partial charge in [-0.1, -0.05) is 17.7 Å². The first-order valence-electron chi connectivity index (χ1n) is 8.36. The minimum absolute atomic E-state index is 0.0244. The summed E-state index contributed by atoms with van der Waals surface area (Å²) in [6.45, 7) is 9.08. The smallest absolute Gasteiger partial charge is 0.263 e. The van der Waals surface area contributed by atoms with Gasteiger partial charge in [0.15, 0.2) is 0 Å². The van der Waals surface area contributed by atoms with E-state index in [2.05, 4.69) is 20.9 Å². The first-order valence-corrected chi connectivity index (χ1v) is 8.74. The van der Waals surface area contributed by atoms with E-state index in [0.717, 1.165) is 43.9 Å². The van der Waals surface area contributed by atoms with Crippen molar-refractivity contribution >= 4 is 23.2 Å². The largest absolute Gasteiger partial charge is 0.359 e. The molecule has 2 rings (SSSR count). The molecule has 1 heterocycles. The fraction of sp³-hybridized carbons (Fsp3) is 0.444. The van der Waals surface area contributed by atoms with Crippen molar-refractivity contribution in [2.75, 3.05) is 44.6 Å². The van der Waals surface area contributed by atoms with Crippen LogP contribution in [-0.4, -0.2) is 50.1 Å². The Morgan fingerprint density at radius 3 is 2.76 bits per heavy atom. The van der Waals surface area contributed by atoms with E-state index in [-0.39, 0.29) is 11.5 Å². The number of benzene rings is 1. The highest BCUT2D eigenvalue weighted by molar-refractivity contribution is 6.33. The number of carbonyl (C=O) groups is 1. The summed E-state index contributed by atoms with van der Waals surface area (Å²) in [4.78, 5) is 14.4. The number of piperazine rings is 1. The molecule has 1 amide bonds. The summed E-state index contributed by atoms with van der Waals surface area (Å²) < 4.78 is 0. The second-order valence-corrected chi connectivity index (χ2v) is 6.51. The SMILES string of the molecule is Cc1cc(C)c(N/C=C(/C#N)C(=O)NCCN2CCNCC2)c(Cl)c1. The van der Waals surface area contributed by atoms with Crippen molar-refractivity contribution in [3.05, 3.63) is 40.1 Å². The van der Waals surface area contributed by atoms with Crippen molar-refractivity contribution in [3.63, 3.8) is 0 Å². The Labute approximate surface area is 153 Å². The molecular weight excluding hydrogens is 338 g/mol. The van der Waals surface area contributed by atoms with Crippen LogP contribution >= 0.6 is 11.6 Å². The molecule has 1 fully saturated rings. The van der Waals surface area contributed by atoms with E-state index in [9.17, 15) is 10.1 Å². The van der Waals surface area contributed by atoms with Gasteiger partial charge in [0, 0.05) is 45.5 Å². The molecule has 0 radical (unpaired) electrons. The normalized spacial score (nSPS) is 15.5. The van der Waals surface area contributed by atoms with Crippen LogP contribution < -0.4 is 16.0 Å². The molecule has 0 atom stereocenters. The molecule has 134 valence electrons. The van der Waals surface area contributed by atoms with Crippen LogP contribution in [0.15, 0.2) is 23.9 Å². The van der Waals surface area contributed by atoms with Gasteiger partial charge >= 0.3 is 0 Å². The van der Waals surface area contributed by atoms with Gasteiger partial charge in [-0.2, -0.15) is 5.26 Å². The predicted molar refractivity (Wildman–Crippen MR) is 101 cm³/mol. The number of nitrogens with zero attached hydrogens (tertiary/aromatic N) is 2. The standard InChI is InChI=1S/C18H24ClN5O/c1-13-9-14(2)17(16(19)10-13)23-12-15(11-20)18(25)22-5-8-24-6-3-21-4-7-24/h9-10,12,21,23H,3-8H2,1-2H3,(H,22,25)/b15-12-. The Hall–Kier alpha value is -2.07. The fourth-order valence-corrected chi connectivity index (χ4v) is 3.12. The molecule has 1 aromatic carbocycles. The molecule has 0 spiro atoms. The van der Waals surface area contributed by atoms with Gasteiger partial charge in [0.2, 0.25) is 0 Å². The van der Waals surface area contributed by atoms with Gasteiger partial charge in [0.05, 0.1) is 10.7 Å². The van der Waals surface area contributed by atoms with Crippen LogP contribution in [0.1, 0.15) is 11.1 Å². The number of anilines is 1. The minimum atomic E-state index is -0.383. The van der Waals surface area contributed by atoms with Crippen LogP contribution in [0, 0.1) is 25.2 Å². The number of nitrogens with one attached hydrogen (secondary N) is 3. The summed E-state index contributed by atoms with van der Waals surface area (Å²) in [6, 6.07) is 5.76. The maximum absolute atomic E-state index is 12.2. The van der Waals surface area contributed by atoms with Crippen molar-refractivity contribution < 1.29 is 4.79 Å². The third-order valence-corrected chi connectivity index (χ3v) is 4.38. The third kappa shape index (κ3) is 5.75. The van der Waals surface area contributed by atoms with Gasteiger partial charge in [-0.25, -0.2) is 0 Å². The molecule has 1 saturated heterocycles. The molecule has 6 nitrogen and oxygen atoms in total. The number of hydrogen-bond donors (Lipinski definition) is 3. The average molecular weight is 362 g/mol. The quantitative estimate of drug-likeness (QED) is 0.532. The molecule has 0 bridgehead atoms. The zero-order valence-corrected chi connectivity index (χ0v) is 15.4. The van der Waals surface area contributed by atoms with E-state index >= 15 is 0 Å². The molecule has 0 aromatic heterocycles. The molecule has 25 heavy (non-hydrogen) atoms. The second kappa shape index (κ2) is 9.42. The Bertz CT molecular complexity index is 666. The van der Waals surface area contributed by atoms with Crippen LogP contribution in [0.3, 0.4) is 0 Å². The number of hydrogen-bond acceptors (Lipinski definition) is 5. The van der Waals surface area contributed by atoms with E-state index in [1.807, 2.05) is 32.0 Å². The summed E-state index contributed by atoms with van der Waals surface area (Å²) in [5.41, 5.74) is 2.74.